The molecule has 1 aromatic heterocycles. The Morgan fingerprint density at radius 1 is 1.06 bits per heavy atom. The molecule has 2 nitrogen and oxygen atoms in total. The van der Waals surface area contributed by atoms with Crippen molar-refractivity contribution in [3.63, 3.8) is 0 Å². The predicted molar refractivity (Wildman–Crippen MR) is 70.2 cm³/mol. The lowest BCUT2D eigenvalue weighted by Gasteiger charge is -1.99. The van der Waals surface area contributed by atoms with Crippen molar-refractivity contribution < 1.29 is 0 Å². The molecule has 0 saturated carbocycles. The van der Waals surface area contributed by atoms with E-state index in [4.69, 9.17) is 16.6 Å². The van der Waals surface area contributed by atoms with Crippen LogP contribution in [0.4, 0.5) is 0 Å². The number of benzene rings is 1. The largest absolute Gasteiger partial charge is 0.334 e. The molecule has 1 aromatic carbocycles. The first-order valence-electron chi connectivity index (χ1n) is 6.15. The topological polar surface area (TPSA) is 17.8 Å². The molecule has 88 valence electrons. The second kappa shape index (κ2) is 4.53. The Hall–Kier alpha value is -1.28. The van der Waals surface area contributed by atoms with Crippen LogP contribution in [0.2, 0.25) is 5.02 Å². The highest BCUT2D eigenvalue weighted by Crippen LogP contribution is 2.23. The van der Waals surface area contributed by atoms with Crippen molar-refractivity contribution in [3.8, 4) is 11.3 Å². The fraction of sp³-hybridized carbons (Fsp3) is 0.357. The minimum atomic E-state index is 0.773. The summed E-state index contributed by atoms with van der Waals surface area (Å²) in [6.45, 7) is 1.11. The van der Waals surface area contributed by atoms with Crippen molar-refractivity contribution in [2.75, 3.05) is 0 Å². The van der Waals surface area contributed by atoms with Gasteiger partial charge in [0.1, 0.15) is 5.82 Å². The summed E-state index contributed by atoms with van der Waals surface area (Å²) in [7, 11) is 0. The van der Waals surface area contributed by atoms with E-state index >= 15 is 0 Å². The maximum atomic E-state index is 5.90. The number of imidazole rings is 1. The smallest absolute Gasteiger partial charge is 0.109 e. The molecular formula is C14H15ClN2. The van der Waals surface area contributed by atoms with Crippen LogP contribution in [0.15, 0.2) is 30.5 Å². The summed E-state index contributed by atoms with van der Waals surface area (Å²) >= 11 is 5.90. The van der Waals surface area contributed by atoms with Crippen molar-refractivity contribution >= 4 is 11.6 Å². The molecule has 1 aliphatic heterocycles. The van der Waals surface area contributed by atoms with E-state index in [1.165, 1.54) is 25.1 Å². The van der Waals surface area contributed by atoms with Gasteiger partial charge in [-0.1, -0.05) is 30.2 Å². The fourth-order valence-electron chi connectivity index (χ4n) is 2.35. The fourth-order valence-corrected chi connectivity index (χ4v) is 2.48. The van der Waals surface area contributed by atoms with Crippen LogP contribution in [0, 0.1) is 0 Å². The van der Waals surface area contributed by atoms with Gasteiger partial charge in [0.05, 0.1) is 5.69 Å². The monoisotopic (exact) mass is 246 g/mol. The normalized spacial score (nSPS) is 15.4. The summed E-state index contributed by atoms with van der Waals surface area (Å²) in [5, 5.41) is 0.773. The van der Waals surface area contributed by atoms with Gasteiger partial charge in [-0.3, -0.25) is 0 Å². The third-order valence-electron chi connectivity index (χ3n) is 3.30. The second-order valence-electron chi connectivity index (χ2n) is 4.55. The molecule has 1 aliphatic rings. The minimum Gasteiger partial charge on any atom is -0.334 e. The zero-order valence-electron chi connectivity index (χ0n) is 9.69. The zero-order chi connectivity index (χ0) is 11.7. The van der Waals surface area contributed by atoms with E-state index in [1.807, 2.05) is 24.3 Å². The van der Waals surface area contributed by atoms with Gasteiger partial charge in [-0.2, -0.15) is 0 Å². The molecule has 0 N–H and O–H groups in total. The van der Waals surface area contributed by atoms with Crippen LogP contribution in [0.1, 0.15) is 25.1 Å². The molecule has 3 rings (SSSR count). The number of aryl methyl sites for hydroxylation is 2. The van der Waals surface area contributed by atoms with Gasteiger partial charge in [0.2, 0.25) is 0 Å². The zero-order valence-corrected chi connectivity index (χ0v) is 10.5. The molecule has 0 spiro atoms. The quantitative estimate of drug-likeness (QED) is 0.746. The minimum absolute atomic E-state index is 0.773. The van der Waals surface area contributed by atoms with E-state index < -0.39 is 0 Å². The first kappa shape index (κ1) is 10.8. The predicted octanol–water partition coefficient (Wildman–Crippen LogP) is 3.93. The molecule has 0 amide bonds. The maximum Gasteiger partial charge on any atom is 0.109 e. The van der Waals surface area contributed by atoms with Crippen molar-refractivity contribution in [1.29, 1.82) is 0 Å². The number of aromatic nitrogens is 2. The Morgan fingerprint density at radius 3 is 2.71 bits per heavy atom. The highest BCUT2D eigenvalue weighted by molar-refractivity contribution is 6.30. The highest BCUT2D eigenvalue weighted by atomic mass is 35.5. The summed E-state index contributed by atoms with van der Waals surface area (Å²) in [6.07, 6.45) is 7.12. The molecular weight excluding hydrogens is 232 g/mol. The lowest BCUT2D eigenvalue weighted by atomic mass is 10.2. The molecule has 0 saturated heterocycles. The van der Waals surface area contributed by atoms with Gasteiger partial charge in [-0.25, -0.2) is 4.98 Å². The molecule has 17 heavy (non-hydrogen) atoms. The summed E-state index contributed by atoms with van der Waals surface area (Å²) in [5.41, 5.74) is 2.22. The first-order valence-corrected chi connectivity index (χ1v) is 6.53. The number of nitrogens with zero attached hydrogens (tertiary/aromatic N) is 2. The van der Waals surface area contributed by atoms with Crippen LogP contribution >= 0.6 is 11.6 Å². The molecule has 2 aromatic rings. The number of hydrogen-bond donors (Lipinski definition) is 0. The van der Waals surface area contributed by atoms with E-state index in [2.05, 4.69) is 10.8 Å². The third-order valence-corrected chi connectivity index (χ3v) is 3.55. The summed E-state index contributed by atoms with van der Waals surface area (Å²) in [5.74, 6) is 1.23. The lowest BCUT2D eigenvalue weighted by molar-refractivity contribution is 0.635. The van der Waals surface area contributed by atoms with Crippen LogP contribution in [-0.4, -0.2) is 9.55 Å². The summed E-state index contributed by atoms with van der Waals surface area (Å²) < 4.78 is 2.30. The Kier molecular flexibility index (Phi) is 2.89. The van der Waals surface area contributed by atoms with Crippen LogP contribution in [0.3, 0.4) is 0 Å². The highest BCUT2D eigenvalue weighted by Gasteiger charge is 2.11. The molecule has 0 radical (unpaired) electrons. The second-order valence-corrected chi connectivity index (χ2v) is 4.99. The van der Waals surface area contributed by atoms with E-state index in [-0.39, 0.29) is 0 Å². The molecule has 0 aliphatic carbocycles. The van der Waals surface area contributed by atoms with Gasteiger partial charge in [0.25, 0.3) is 0 Å². The number of hydrogen-bond acceptors (Lipinski definition) is 1. The van der Waals surface area contributed by atoms with Crippen molar-refractivity contribution in [1.82, 2.24) is 9.55 Å². The molecule has 0 atom stereocenters. The van der Waals surface area contributed by atoms with E-state index in [1.54, 1.807) is 0 Å². The van der Waals surface area contributed by atoms with Crippen molar-refractivity contribution in [3.05, 3.63) is 41.3 Å². The van der Waals surface area contributed by atoms with Crippen molar-refractivity contribution in [2.45, 2.75) is 32.2 Å². The number of fused-ring (bicyclic) bond motifs is 1. The molecule has 3 heteroatoms. The van der Waals surface area contributed by atoms with Gasteiger partial charge < -0.3 is 4.57 Å². The van der Waals surface area contributed by atoms with E-state index in [0.29, 0.717) is 0 Å². The van der Waals surface area contributed by atoms with Crippen LogP contribution in [0.5, 0.6) is 0 Å². The van der Waals surface area contributed by atoms with Gasteiger partial charge in [-0.15, -0.1) is 0 Å². The Labute approximate surface area is 106 Å². The Balaban J connectivity index is 1.96. The standard InChI is InChI=1S/C14H15ClN2/c15-12-7-5-11(6-8-12)13-10-17-9-3-1-2-4-14(17)16-13/h5-8,10H,1-4,9H2. The third kappa shape index (κ3) is 2.22. The van der Waals surface area contributed by atoms with E-state index in [9.17, 15) is 0 Å². The Morgan fingerprint density at radius 2 is 1.88 bits per heavy atom. The van der Waals surface area contributed by atoms with E-state index in [0.717, 1.165) is 29.2 Å². The molecule has 0 unspecified atom stereocenters. The maximum absolute atomic E-state index is 5.90. The van der Waals surface area contributed by atoms with Gasteiger partial charge in [0.15, 0.2) is 0 Å². The van der Waals surface area contributed by atoms with Gasteiger partial charge >= 0.3 is 0 Å². The SMILES string of the molecule is Clc1ccc(-c2cn3c(n2)CCCCC3)cc1. The summed E-state index contributed by atoms with van der Waals surface area (Å²) in [4.78, 5) is 4.73. The molecule has 0 bridgehead atoms. The Bertz CT molecular complexity index is 490. The summed E-state index contributed by atoms with van der Waals surface area (Å²) in [6, 6.07) is 7.90. The first-order chi connectivity index (χ1) is 8.33. The average Bonchev–Trinajstić information content (AvgIpc) is 2.62. The molecule has 2 heterocycles. The lowest BCUT2D eigenvalue weighted by Crippen LogP contribution is -1.98. The average molecular weight is 247 g/mol. The molecule has 0 fully saturated rings. The van der Waals surface area contributed by atoms with Crippen LogP contribution < -0.4 is 0 Å². The van der Waals surface area contributed by atoms with Gasteiger partial charge in [0, 0.05) is 29.7 Å². The van der Waals surface area contributed by atoms with Gasteiger partial charge in [-0.05, 0) is 25.0 Å². The van der Waals surface area contributed by atoms with Crippen LogP contribution in [0.25, 0.3) is 11.3 Å². The number of rotatable bonds is 1. The number of halogens is 1. The van der Waals surface area contributed by atoms with Crippen LogP contribution in [-0.2, 0) is 13.0 Å². The van der Waals surface area contributed by atoms with Crippen molar-refractivity contribution in [2.24, 2.45) is 0 Å².